The van der Waals surface area contributed by atoms with Crippen LogP contribution in [-0.2, 0) is 17.8 Å². The third-order valence-corrected chi connectivity index (χ3v) is 5.34. The summed E-state index contributed by atoms with van der Waals surface area (Å²) in [6, 6.07) is 6.10. The fourth-order valence-corrected chi connectivity index (χ4v) is 3.60. The second-order valence-corrected chi connectivity index (χ2v) is 7.37. The Kier molecular flexibility index (Phi) is 11.1. The van der Waals surface area contributed by atoms with Crippen molar-refractivity contribution in [2.24, 2.45) is 4.99 Å². The van der Waals surface area contributed by atoms with E-state index in [9.17, 15) is 0 Å². The monoisotopic (exact) mass is 542 g/mol. The summed E-state index contributed by atoms with van der Waals surface area (Å²) in [5.41, 5.74) is 2.14. The van der Waals surface area contributed by atoms with Crippen LogP contribution in [0.2, 0.25) is 0 Å². The number of nitrogens with zero attached hydrogens (tertiary/aromatic N) is 4. The molecule has 172 valence electrons. The van der Waals surface area contributed by atoms with Crippen molar-refractivity contribution in [3.8, 4) is 0 Å². The highest BCUT2D eigenvalue weighted by Crippen LogP contribution is 2.22. The molecule has 1 fully saturated rings. The molecule has 1 saturated heterocycles. The number of hydrogen-bond donors (Lipinski definition) is 2. The number of pyridine rings is 1. The van der Waals surface area contributed by atoms with Crippen LogP contribution in [0.1, 0.15) is 56.5 Å². The van der Waals surface area contributed by atoms with Crippen molar-refractivity contribution >= 4 is 35.8 Å². The Morgan fingerprint density at radius 2 is 1.97 bits per heavy atom. The summed E-state index contributed by atoms with van der Waals surface area (Å²) in [5.74, 6) is 3.01. The SMILES string of the molecule is CCNC(=NCc1cccnc1N1CCOCC1)NCc1cc(C(CC)CC)no1.I. The number of rotatable bonds is 9. The van der Waals surface area contributed by atoms with Crippen molar-refractivity contribution in [3.63, 3.8) is 0 Å². The van der Waals surface area contributed by atoms with Gasteiger partial charge in [0.15, 0.2) is 11.7 Å². The maximum Gasteiger partial charge on any atom is 0.191 e. The highest BCUT2D eigenvalue weighted by Gasteiger charge is 2.16. The summed E-state index contributed by atoms with van der Waals surface area (Å²) >= 11 is 0. The van der Waals surface area contributed by atoms with E-state index >= 15 is 0 Å². The number of ether oxygens (including phenoxy) is 1. The second kappa shape index (κ2) is 13.5. The fourth-order valence-electron chi connectivity index (χ4n) is 3.60. The summed E-state index contributed by atoms with van der Waals surface area (Å²) in [6.07, 6.45) is 3.97. The van der Waals surface area contributed by atoms with Crippen LogP contribution in [0.5, 0.6) is 0 Å². The van der Waals surface area contributed by atoms with Crippen LogP contribution in [0.4, 0.5) is 5.82 Å². The number of hydrogen-bond acceptors (Lipinski definition) is 6. The summed E-state index contributed by atoms with van der Waals surface area (Å²) < 4.78 is 11.0. The molecule has 0 radical (unpaired) electrons. The highest BCUT2D eigenvalue weighted by molar-refractivity contribution is 14.0. The quantitative estimate of drug-likeness (QED) is 0.284. The first-order chi connectivity index (χ1) is 14.7. The summed E-state index contributed by atoms with van der Waals surface area (Å²) in [7, 11) is 0. The van der Waals surface area contributed by atoms with Crippen LogP contribution in [0.15, 0.2) is 33.9 Å². The van der Waals surface area contributed by atoms with Gasteiger partial charge in [-0.1, -0.05) is 25.1 Å². The van der Waals surface area contributed by atoms with Gasteiger partial charge in [-0.15, -0.1) is 24.0 Å². The lowest BCUT2D eigenvalue weighted by atomic mass is 9.99. The molecular formula is C22H35IN6O2. The normalized spacial score (nSPS) is 14.5. The predicted octanol–water partition coefficient (Wildman–Crippen LogP) is 3.68. The second-order valence-electron chi connectivity index (χ2n) is 7.37. The molecule has 8 nitrogen and oxygen atoms in total. The van der Waals surface area contributed by atoms with Crippen molar-refractivity contribution in [3.05, 3.63) is 41.4 Å². The number of anilines is 1. The molecule has 1 aliphatic rings. The van der Waals surface area contributed by atoms with Crippen molar-refractivity contribution < 1.29 is 9.26 Å². The Bertz CT molecular complexity index is 803. The minimum absolute atomic E-state index is 0. The van der Waals surface area contributed by atoms with Gasteiger partial charge in [-0.25, -0.2) is 9.98 Å². The van der Waals surface area contributed by atoms with Crippen LogP contribution in [0.25, 0.3) is 0 Å². The first-order valence-corrected chi connectivity index (χ1v) is 11.0. The van der Waals surface area contributed by atoms with E-state index in [1.807, 2.05) is 18.3 Å². The molecule has 2 aromatic rings. The maximum atomic E-state index is 5.52. The zero-order valence-electron chi connectivity index (χ0n) is 18.8. The van der Waals surface area contributed by atoms with Gasteiger partial charge < -0.3 is 24.8 Å². The molecule has 9 heteroatoms. The van der Waals surface area contributed by atoms with Crippen molar-refractivity contribution in [1.29, 1.82) is 0 Å². The Labute approximate surface area is 202 Å². The standard InChI is InChI=1S/C22H34N6O2.HI/c1-4-17(5-2)20-14-19(30-27-20)16-26-22(23-6-3)25-15-18-8-7-9-24-21(18)28-10-12-29-13-11-28;/h7-9,14,17H,4-6,10-13,15-16H2,1-3H3,(H2,23,25,26);1H. The van der Waals surface area contributed by atoms with Gasteiger partial charge in [0.1, 0.15) is 5.82 Å². The molecule has 0 atom stereocenters. The maximum absolute atomic E-state index is 5.52. The first kappa shape index (κ1) is 25.4. The van der Waals surface area contributed by atoms with Crippen molar-refractivity contribution in [1.82, 2.24) is 20.8 Å². The molecule has 1 aliphatic heterocycles. The summed E-state index contributed by atoms with van der Waals surface area (Å²) in [5, 5.41) is 10.9. The van der Waals surface area contributed by atoms with Crippen LogP contribution in [0, 0.1) is 0 Å². The van der Waals surface area contributed by atoms with E-state index in [-0.39, 0.29) is 24.0 Å². The Morgan fingerprint density at radius 3 is 2.68 bits per heavy atom. The fraction of sp³-hybridized carbons (Fsp3) is 0.591. The third-order valence-electron chi connectivity index (χ3n) is 5.34. The summed E-state index contributed by atoms with van der Waals surface area (Å²) in [6.45, 7) is 11.5. The molecule has 0 unspecified atom stereocenters. The molecule has 0 aromatic carbocycles. The van der Waals surface area contributed by atoms with Crippen molar-refractivity contribution in [2.45, 2.75) is 52.6 Å². The third kappa shape index (κ3) is 7.34. The van der Waals surface area contributed by atoms with E-state index in [0.717, 1.165) is 74.5 Å². The van der Waals surface area contributed by atoms with Gasteiger partial charge >= 0.3 is 0 Å². The lowest BCUT2D eigenvalue weighted by Gasteiger charge is -2.29. The smallest absolute Gasteiger partial charge is 0.191 e. The molecule has 3 rings (SSSR count). The molecule has 2 N–H and O–H groups in total. The average Bonchev–Trinajstić information content (AvgIpc) is 3.26. The Morgan fingerprint density at radius 1 is 1.19 bits per heavy atom. The van der Waals surface area contributed by atoms with Gasteiger partial charge in [0.25, 0.3) is 0 Å². The molecule has 31 heavy (non-hydrogen) atoms. The zero-order chi connectivity index (χ0) is 21.2. The van der Waals surface area contributed by atoms with Gasteiger partial charge in [-0.3, -0.25) is 0 Å². The molecule has 3 heterocycles. The topological polar surface area (TPSA) is 87.8 Å². The van der Waals surface area contributed by atoms with Gasteiger partial charge in [0.05, 0.1) is 32.0 Å². The minimum Gasteiger partial charge on any atom is -0.378 e. The number of halogens is 1. The first-order valence-electron chi connectivity index (χ1n) is 11.0. The van der Waals surface area contributed by atoms with E-state index in [4.69, 9.17) is 14.3 Å². The molecular weight excluding hydrogens is 507 g/mol. The van der Waals surface area contributed by atoms with E-state index < -0.39 is 0 Å². The number of nitrogens with one attached hydrogen (secondary N) is 2. The molecule has 0 aliphatic carbocycles. The predicted molar refractivity (Wildman–Crippen MR) is 134 cm³/mol. The van der Waals surface area contributed by atoms with Gasteiger partial charge in [-0.2, -0.15) is 0 Å². The average molecular weight is 542 g/mol. The Hall–Kier alpha value is -1.88. The van der Waals surface area contributed by atoms with E-state index in [0.29, 0.717) is 19.0 Å². The lowest BCUT2D eigenvalue weighted by Crippen LogP contribution is -2.38. The molecule has 2 aromatic heterocycles. The van der Waals surface area contributed by atoms with E-state index in [1.165, 1.54) is 0 Å². The zero-order valence-corrected chi connectivity index (χ0v) is 21.1. The highest BCUT2D eigenvalue weighted by atomic mass is 127. The van der Waals surface area contributed by atoms with Crippen molar-refractivity contribution in [2.75, 3.05) is 37.7 Å². The Balaban J connectivity index is 0.00000341. The molecule has 0 spiro atoms. The largest absolute Gasteiger partial charge is 0.378 e. The number of aliphatic imine (C=N–C) groups is 1. The van der Waals surface area contributed by atoms with E-state index in [2.05, 4.69) is 52.5 Å². The molecule has 0 bridgehead atoms. The van der Waals surface area contributed by atoms with Crippen LogP contribution in [-0.4, -0.2) is 48.9 Å². The van der Waals surface area contributed by atoms with Crippen LogP contribution >= 0.6 is 24.0 Å². The van der Waals surface area contributed by atoms with Gasteiger partial charge in [-0.05, 0) is 25.8 Å². The number of guanidine groups is 1. The van der Waals surface area contributed by atoms with Crippen LogP contribution < -0.4 is 15.5 Å². The summed E-state index contributed by atoms with van der Waals surface area (Å²) in [4.78, 5) is 11.6. The number of morpholine rings is 1. The van der Waals surface area contributed by atoms with E-state index in [1.54, 1.807) is 0 Å². The van der Waals surface area contributed by atoms with Gasteiger partial charge in [0, 0.05) is 43.4 Å². The lowest BCUT2D eigenvalue weighted by molar-refractivity contribution is 0.122. The van der Waals surface area contributed by atoms with Crippen LogP contribution in [0.3, 0.4) is 0 Å². The molecule has 0 saturated carbocycles. The number of aromatic nitrogens is 2. The minimum atomic E-state index is 0. The van der Waals surface area contributed by atoms with Gasteiger partial charge in [0.2, 0.25) is 0 Å². The molecule has 0 amide bonds.